The van der Waals surface area contributed by atoms with Crippen LogP contribution in [0.2, 0.25) is 0 Å². The third-order valence-corrected chi connectivity index (χ3v) is 4.93. The number of rotatable bonds is 2. The summed E-state index contributed by atoms with van der Waals surface area (Å²) in [5.41, 5.74) is 9.71. The van der Waals surface area contributed by atoms with Gasteiger partial charge in [-0.05, 0) is 37.8 Å². The van der Waals surface area contributed by atoms with Gasteiger partial charge in [0.1, 0.15) is 5.65 Å². The van der Waals surface area contributed by atoms with Gasteiger partial charge in [0, 0.05) is 36.7 Å². The fraction of sp³-hybridized carbons (Fsp3) is 0.389. The zero-order valence-corrected chi connectivity index (χ0v) is 14.0. The summed E-state index contributed by atoms with van der Waals surface area (Å²) in [6.45, 7) is 5.68. The molecule has 4 rings (SSSR count). The minimum absolute atomic E-state index is 0.284. The maximum absolute atomic E-state index is 5.77. The monoisotopic (exact) mass is 322 g/mol. The van der Waals surface area contributed by atoms with Crippen LogP contribution in [0.4, 0.5) is 11.6 Å². The molecule has 0 radical (unpaired) electrons. The summed E-state index contributed by atoms with van der Waals surface area (Å²) in [5.74, 6) is 0.980. The van der Waals surface area contributed by atoms with E-state index in [0.29, 0.717) is 12.0 Å². The van der Waals surface area contributed by atoms with E-state index in [9.17, 15) is 0 Å². The molecule has 6 nitrogen and oxygen atoms in total. The van der Waals surface area contributed by atoms with Gasteiger partial charge in [-0.1, -0.05) is 6.92 Å². The van der Waals surface area contributed by atoms with E-state index in [2.05, 4.69) is 44.7 Å². The first-order valence-electron chi connectivity index (χ1n) is 8.45. The molecule has 0 aliphatic carbocycles. The number of nitrogens with one attached hydrogen (secondary N) is 1. The third-order valence-electron chi connectivity index (χ3n) is 4.93. The summed E-state index contributed by atoms with van der Waals surface area (Å²) in [4.78, 5) is 18.6. The summed E-state index contributed by atoms with van der Waals surface area (Å²) in [6.07, 6.45) is 8.02. The highest BCUT2D eigenvalue weighted by molar-refractivity contribution is 6.02. The zero-order valence-electron chi connectivity index (χ0n) is 14.0. The lowest BCUT2D eigenvalue weighted by atomic mass is 9.94. The van der Waals surface area contributed by atoms with Crippen LogP contribution in [0.5, 0.6) is 0 Å². The van der Waals surface area contributed by atoms with Crippen molar-refractivity contribution in [3.63, 3.8) is 0 Å². The average molecular weight is 322 g/mol. The number of aromatic nitrogens is 4. The van der Waals surface area contributed by atoms with Crippen LogP contribution in [0, 0.1) is 5.92 Å². The molecule has 2 atom stereocenters. The van der Waals surface area contributed by atoms with Gasteiger partial charge in [0.05, 0.1) is 16.8 Å². The molecule has 0 aromatic carbocycles. The molecule has 0 bridgehead atoms. The second-order valence-electron chi connectivity index (χ2n) is 6.74. The molecule has 1 saturated heterocycles. The highest BCUT2D eigenvalue weighted by atomic mass is 15.2. The van der Waals surface area contributed by atoms with Crippen molar-refractivity contribution in [2.24, 2.45) is 5.92 Å². The Balaban J connectivity index is 1.89. The minimum atomic E-state index is 0.284. The number of H-pyrrole nitrogens is 1. The van der Waals surface area contributed by atoms with Crippen LogP contribution in [0.3, 0.4) is 0 Å². The SMILES string of the molecule is C[C@@H]1CC[C@@H](C)N(c2ccnc3[nH]cc(-c4ccnc(N)n4)c23)C1. The lowest BCUT2D eigenvalue weighted by Gasteiger charge is -2.39. The van der Waals surface area contributed by atoms with Gasteiger partial charge < -0.3 is 15.6 Å². The van der Waals surface area contributed by atoms with Crippen molar-refractivity contribution in [1.82, 2.24) is 19.9 Å². The lowest BCUT2D eigenvalue weighted by molar-refractivity contribution is 0.391. The predicted molar refractivity (Wildman–Crippen MR) is 96.7 cm³/mol. The molecule has 3 aromatic rings. The number of anilines is 2. The Morgan fingerprint density at radius 3 is 2.83 bits per heavy atom. The topological polar surface area (TPSA) is 83.7 Å². The molecule has 1 aliphatic rings. The quantitative estimate of drug-likeness (QED) is 0.757. The molecule has 3 aromatic heterocycles. The number of piperidine rings is 1. The maximum Gasteiger partial charge on any atom is 0.220 e. The van der Waals surface area contributed by atoms with E-state index in [-0.39, 0.29) is 5.95 Å². The van der Waals surface area contributed by atoms with Gasteiger partial charge in [0.2, 0.25) is 5.95 Å². The average Bonchev–Trinajstić information content (AvgIpc) is 3.01. The Bertz CT molecular complexity index is 871. The van der Waals surface area contributed by atoms with Crippen LogP contribution in [0.25, 0.3) is 22.3 Å². The van der Waals surface area contributed by atoms with Gasteiger partial charge in [0.15, 0.2) is 0 Å². The Morgan fingerprint density at radius 2 is 2.00 bits per heavy atom. The molecule has 1 aliphatic heterocycles. The van der Waals surface area contributed by atoms with Crippen LogP contribution < -0.4 is 10.6 Å². The number of fused-ring (bicyclic) bond motifs is 1. The summed E-state index contributed by atoms with van der Waals surface area (Å²) in [5, 5.41) is 1.11. The predicted octanol–water partition coefficient (Wildman–Crippen LogP) is 3.23. The molecule has 124 valence electrons. The van der Waals surface area contributed by atoms with Gasteiger partial charge in [-0.15, -0.1) is 0 Å². The normalized spacial score (nSPS) is 21.3. The van der Waals surface area contributed by atoms with Crippen LogP contribution in [0.15, 0.2) is 30.7 Å². The van der Waals surface area contributed by atoms with Crippen molar-refractivity contribution in [1.29, 1.82) is 0 Å². The Hall–Kier alpha value is -2.63. The Labute approximate surface area is 141 Å². The smallest absolute Gasteiger partial charge is 0.220 e. The molecular weight excluding hydrogens is 300 g/mol. The highest BCUT2D eigenvalue weighted by Gasteiger charge is 2.26. The van der Waals surface area contributed by atoms with E-state index in [1.54, 1.807) is 6.20 Å². The van der Waals surface area contributed by atoms with E-state index in [4.69, 9.17) is 5.73 Å². The van der Waals surface area contributed by atoms with Gasteiger partial charge >= 0.3 is 0 Å². The summed E-state index contributed by atoms with van der Waals surface area (Å²) >= 11 is 0. The molecule has 1 fully saturated rings. The van der Waals surface area contributed by atoms with Gasteiger partial charge in [-0.3, -0.25) is 0 Å². The number of hydrogen-bond donors (Lipinski definition) is 2. The lowest BCUT2D eigenvalue weighted by Crippen LogP contribution is -2.41. The number of pyridine rings is 1. The second-order valence-corrected chi connectivity index (χ2v) is 6.74. The zero-order chi connectivity index (χ0) is 16.7. The fourth-order valence-electron chi connectivity index (χ4n) is 3.63. The van der Waals surface area contributed by atoms with Gasteiger partial charge in [-0.2, -0.15) is 0 Å². The van der Waals surface area contributed by atoms with E-state index >= 15 is 0 Å². The molecule has 0 amide bonds. The second kappa shape index (κ2) is 5.78. The molecular formula is C18H22N6. The molecule has 4 heterocycles. The van der Waals surface area contributed by atoms with Crippen molar-refractivity contribution in [2.75, 3.05) is 17.2 Å². The van der Waals surface area contributed by atoms with E-state index in [1.807, 2.05) is 18.5 Å². The molecule has 0 saturated carbocycles. The Morgan fingerprint density at radius 1 is 1.17 bits per heavy atom. The van der Waals surface area contributed by atoms with Crippen LogP contribution in [-0.2, 0) is 0 Å². The van der Waals surface area contributed by atoms with Crippen molar-refractivity contribution < 1.29 is 0 Å². The summed E-state index contributed by atoms with van der Waals surface area (Å²) in [6, 6.07) is 4.52. The number of nitrogens with zero attached hydrogens (tertiary/aromatic N) is 4. The summed E-state index contributed by atoms with van der Waals surface area (Å²) < 4.78 is 0. The molecule has 0 spiro atoms. The van der Waals surface area contributed by atoms with E-state index < -0.39 is 0 Å². The van der Waals surface area contributed by atoms with Crippen molar-refractivity contribution in [3.05, 3.63) is 30.7 Å². The number of nitrogens with two attached hydrogens (primary N) is 1. The standard InChI is InChI=1S/C18H22N6/c1-11-3-4-12(2)24(10-11)15-6-8-20-17-16(15)13(9-22-17)14-5-7-21-18(19)23-14/h5-9,11-12H,3-4,10H2,1-2H3,(H,20,22)(H2,19,21,23)/t11-,12-/m1/s1. The van der Waals surface area contributed by atoms with Crippen molar-refractivity contribution >= 4 is 22.7 Å². The van der Waals surface area contributed by atoms with Crippen LogP contribution in [0.1, 0.15) is 26.7 Å². The first-order chi connectivity index (χ1) is 11.6. The van der Waals surface area contributed by atoms with E-state index in [1.165, 1.54) is 18.5 Å². The van der Waals surface area contributed by atoms with Gasteiger partial charge in [-0.25, -0.2) is 15.0 Å². The third kappa shape index (κ3) is 2.48. The van der Waals surface area contributed by atoms with Crippen LogP contribution >= 0.6 is 0 Å². The Kier molecular flexibility index (Phi) is 3.59. The van der Waals surface area contributed by atoms with E-state index in [0.717, 1.165) is 28.8 Å². The first-order valence-corrected chi connectivity index (χ1v) is 8.45. The molecule has 3 N–H and O–H groups in total. The molecule has 0 unspecified atom stereocenters. The fourth-order valence-corrected chi connectivity index (χ4v) is 3.63. The van der Waals surface area contributed by atoms with Crippen molar-refractivity contribution in [3.8, 4) is 11.3 Å². The highest BCUT2D eigenvalue weighted by Crippen LogP contribution is 2.37. The van der Waals surface area contributed by atoms with Gasteiger partial charge in [0.25, 0.3) is 0 Å². The molecule has 24 heavy (non-hydrogen) atoms. The minimum Gasteiger partial charge on any atom is -0.368 e. The van der Waals surface area contributed by atoms with Crippen LogP contribution in [-0.4, -0.2) is 32.5 Å². The van der Waals surface area contributed by atoms with Crippen molar-refractivity contribution in [2.45, 2.75) is 32.7 Å². The maximum atomic E-state index is 5.77. The number of nitrogen functional groups attached to an aromatic ring is 1. The first kappa shape index (κ1) is 14.9. The summed E-state index contributed by atoms with van der Waals surface area (Å²) in [7, 11) is 0. The molecule has 6 heteroatoms. The number of aromatic amines is 1. The largest absolute Gasteiger partial charge is 0.368 e. The number of hydrogen-bond acceptors (Lipinski definition) is 5.